The molecular formula is C16H14N4O4. The van der Waals surface area contributed by atoms with Crippen LogP contribution in [0.25, 0.3) is 11.0 Å². The Kier molecular flexibility index (Phi) is 3.87. The highest BCUT2D eigenvalue weighted by Gasteiger charge is 2.13. The summed E-state index contributed by atoms with van der Waals surface area (Å²) < 4.78 is 2.87. The van der Waals surface area contributed by atoms with E-state index < -0.39 is 4.92 Å². The summed E-state index contributed by atoms with van der Waals surface area (Å²) in [5.74, 6) is -0.387. The summed E-state index contributed by atoms with van der Waals surface area (Å²) in [5.41, 5.74) is 1.50. The summed E-state index contributed by atoms with van der Waals surface area (Å²) in [6.45, 7) is -0.142. The van der Waals surface area contributed by atoms with Crippen LogP contribution in [-0.2, 0) is 18.4 Å². The van der Waals surface area contributed by atoms with Gasteiger partial charge in [-0.05, 0) is 24.3 Å². The van der Waals surface area contributed by atoms with Crippen LogP contribution >= 0.6 is 0 Å². The maximum atomic E-state index is 12.3. The first-order valence-electron chi connectivity index (χ1n) is 7.16. The second kappa shape index (κ2) is 5.99. The summed E-state index contributed by atoms with van der Waals surface area (Å²) in [5, 5.41) is 13.2. The highest BCUT2D eigenvalue weighted by atomic mass is 16.6. The van der Waals surface area contributed by atoms with Crippen molar-refractivity contribution in [2.45, 2.75) is 6.54 Å². The van der Waals surface area contributed by atoms with Crippen molar-refractivity contribution in [1.29, 1.82) is 0 Å². The first-order valence-corrected chi connectivity index (χ1v) is 7.16. The maximum absolute atomic E-state index is 12.3. The number of carbonyl (C=O) groups is 1. The lowest BCUT2D eigenvalue weighted by Gasteiger charge is -2.06. The van der Waals surface area contributed by atoms with E-state index in [4.69, 9.17) is 0 Å². The molecule has 0 radical (unpaired) electrons. The zero-order valence-corrected chi connectivity index (χ0v) is 12.8. The largest absolute Gasteiger partial charge is 0.329 e. The SMILES string of the molecule is Cn1c(=O)n(CC(=O)Nc2ccc([N+](=O)[O-])cc2)c2ccccc21. The van der Waals surface area contributed by atoms with Crippen LogP contribution in [0.15, 0.2) is 53.3 Å². The topological polar surface area (TPSA) is 99.2 Å². The van der Waals surface area contributed by atoms with E-state index in [-0.39, 0.29) is 23.8 Å². The fourth-order valence-corrected chi connectivity index (χ4v) is 2.53. The molecule has 3 rings (SSSR count). The Morgan fingerprint density at radius 3 is 2.38 bits per heavy atom. The van der Waals surface area contributed by atoms with Gasteiger partial charge in [-0.3, -0.25) is 24.0 Å². The van der Waals surface area contributed by atoms with E-state index >= 15 is 0 Å². The number of amides is 1. The van der Waals surface area contributed by atoms with Crippen LogP contribution in [0, 0.1) is 10.1 Å². The molecule has 0 bridgehead atoms. The average Bonchev–Trinajstić information content (AvgIpc) is 2.81. The minimum absolute atomic E-state index is 0.0572. The molecule has 122 valence electrons. The van der Waals surface area contributed by atoms with E-state index in [1.807, 2.05) is 12.1 Å². The van der Waals surface area contributed by atoms with Gasteiger partial charge >= 0.3 is 5.69 Å². The lowest BCUT2D eigenvalue weighted by atomic mass is 10.3. The first kappa shape index (κ1) is 15.5. The maximum Gasteiger partial charge on any atom is 0.329 e. The standard InChI is InChI=1S/C16H14N4O4/c1-18-13-4-2-3-5-14(13)19(16(18)22)10-15(21)17-11-6-8-12(9-7-11)20(23)24/h2-9H,10H2,1H3,(H,17,21). The van der Waals surface area contributed by atoms with E-state index in [2.05, 4.69) is 5.32 Å². The van der Waals surface area contributed by atoms with Gasteiger partial charge in [0, 0.05) is 24.9 Å². The molecule has 0 fully saturated rings. The number of imidazole rings is 1. The molecule has 0 aliphatic rings. The molecule has 0 atom stereocenters. The van der Waals surface area contributed by atoms with Crippen LogP contribution in [-0.4, -0.2) is 20.0 Å². The molecule has 1 heterocycles. The second-order valence-electron chi connectivity index (χ2n) is 5.27. The molecule has 2 aromatic carbocycles. The zero-order chi connectivity index (χ0) is 17.3. The Morgan fingerprint density at radius 1 is 1.12 bits per heavy atom. The van der Waals surface area contributed by atoms with Crippen molar-refractivity contribution in [2.24, 2.45) is 7.05 Å². The fourth-order valence-electron chi connectivity index (χ4n) is 2.53. The van der Waals surface area contributed by atoms with Crippen molar-refractivity contribution >= 4 is 28.3 Å². The van der Waals surface area contributed by atoms with Gasteiger partial charge in [-0.25, -0.2) is 4.79 Å². The lowest BCUT2D eigenvalue weighted by molar-refractivity contribution is -0.384. The molecule has 0 aliphatic carbocycles. The molecule has 8 nitrogen and oxygen atoms in total. The van der Waals surface area contributed by atoms with Crippen molar-refractivity contribution in [3.63, 3.8) is 0 Å². The summed E-state index contributed by atoms with van der Waals surface area (Å²) in [6.07, 6.45) is 0. The van der Waals surface area contributed by atoms with Crippen LogP contribution in [0.4, 0.5) is 11.4 Å². The minimum Gasteiger partial charge on any atom is -0.325 e. The molecular weight excluding hydrogens is 312 g/mol. The van der Waals surface area contributed by atoms with E-state index in [1.165, 1.54) is 33.4 Å². The predicted octanol–water partition coefficient (Wildman–Crippen LogP) is 1.89. The molecule has 24 heavy (non-hydrogen) atoms. The number of para-hydroxylation sites is 2. The molecule has 1 N–H and O–H groups in total. The first-order chi connectivity index (χ1) is 11.5. The number of benzene rings is 2. The normalized spacial score (nSPS) is 10.7. The van der Waals surface area contributed by atoms with E-state index in [0.29, 0.717) is 11.2 Å². The highest BCUT2D eigenvalue weighted by Crippen LogP contribution is 2.16. The van der Waals surface area contributed by atoms with Crippen LogP contribution in [0.2, 0.25) is 0 Å². The van der Waals surface area contributed by atoms with Gasteiger partial charge < -0.3 is 5.32 Å². The molecule has 0 aliphatic heterocycles. The molecule has 0 unspecified atom stereocenters. The number of rotatable bonds is 4. The Balaban J connectivity index is 1.82. The van der Waals surface area contributed by atoms with Crippen molar-refractivity contribution in [3.8, 4) is 0 Å². The summed E-state index contributed by atoms with van der Waals surface area (Å²) in [4.78, 5) is 34.6. The van der Waals surface area contributed by atoms with Crippen LogP contribution in [0.1, 0.15) is 0 Å². The van der Waals surface area contributed by atoms with Gasteiger partial charge in [0.2, 0.25) is 5.91 Å². The van der Waals surface area contributed by atoms with Crippen LogP contribution in [0.5, 0.6) is 0 Å². The van der Waals surface area contributed by atoms with Gasteiger partial charge in [0.15, 0.2) is 0 Å². The molecule has 0 saturated heterocycles. The second-order valence-corrected chi connectivity index (χ2v) is 5.27. The number of nitrogens with zero attached hydrogens (tertiary/aromatic N) is 3. The number of aromatic nitrogens is 2. The highest BCUT2D eigenvalue weighted by molar-refractivity contribution is 5.91. The summed E-state index contributed by atoms with van der Waals surface area (Å²) in [6, 6.07) is 12.7. The number of hydrogen-bond acceptors (Lipinski definition) is 4. The molecule has 3 aromatic rings. The van der Waals surface area contributed by atoms with Crippen molar-refractivity contribution in [2.75, 3.05) is 5.32 Å². The van der Waals surface area contributed by atoms with Gasteiger partial charge in [-0.2, -0.15) is 0 Å². The fraction of sp³-hybridized carbons (Fsp3) is 0.125. The third kappa shape index (κ3) is 2.76. The zero-order valence-electron chi connectivity index (χ0n) is 12.8. The molecule has 1 amide bonds. The average molecular weight is 326 g/mol. The Morgan fingerprint density at radius 2 is 1.75 bits per heavy atom. The van der Waals surface area contributed by atoms with E-state index in [1.54, 1.807) is 19.2 Å². The number of carbonyl (C=O) groups excluding carboxylic acids is 1. The number of aryl methyl sites for hydroxylation is 1. The monoisotopic (exact) mass is 326 g/mol. The summed E-state index contributed by atoms with van der Waals surface area (Å²) in [7, 11) is 1.65. The van der Waals surface area contributed by atoms with Gasteiger partial charge in [0.05, 0.1) is 16.0 Å². The lowest BCUT2D eigenvalue weighted by Crippen LogP contribution is -2.28. The van der Waals surface area contributed by atoms with Crippen LogP contribution in [0.3, 0.4) is 0 Å². The van der Waals surface area contributed by atoms with Gasteiger partial charge in [0.1, 0.15) is 6.54 Å². The minimum atomic E-state index is -0.513. The number of anilines is 1. The van der Waals surface area contributed by atoms with Gasteiger partial charge in [0.25, 0.3) is 5.69 Å². The number of nitro groups is 1. The van der Waals surface area contributed by atoms with Gasteiger partial charge in [-0.15, -0.1) is 0 Å². The van der Waals surface area contributed by atoms with Gasteiger partial charge in [-0.1, -0.05) is 12.1 Å². The Bertz CT molecular complexity index is 985. The number of nitrogens with one attached hydrogen (secondary N) is 1. The molecule has 0 saturated carbocycles. The third-order valence-electron chi connectivity index (χ3n) is 3.72. The predicted molar refractivity (Wildman–Crippen MR) is 88.9 cm³/mol. The molecule has 8 heteroatoms. The smallest absolute Gasteiger partial charge is 0.325 e. The summed E-state index contributed by atoms with van der Waals surface area (Å²) >= 11 is 0. The number of nitro benzene ring substituents is 1. The number of hydrogen-bond donors (Lipinski definition) is 1. The van der Waals surface area contributed by atoms with E-state index in [0.717, 1.165) is 5.52 Å². The number of non-ortho nitro benzene ring substituents is 1. The van der Waals surface area contributed by atoms with Crippen molar-refractivity contribution < 1.29 is 9.72 Å². The van der Waals surface area contributed by atoms with E-state index in [9.17, 15) is 19.7 Å². The third-order valence-corrected chi connectivity index (χ3v) is 3.72. The Hall–Kier alpha value is -3.42. The van der Waals surface area contributed by atoms with Crippen molar-refractivity contribution in [1.82, 2.24) is 9.13 Å². The van der Waals surface area contributed by atoms with Crippen LogP contribution < -0.4 is 11.0 Å². The number of fused-ring (bicyclic) bond motifs is 1. The Labute approximate surface area is 136 Å². The molecule has 1 aromatic heterocycles. The quantitative estimate of drug-likeness (QED) is 0.584. The molecule has 0 spiro atoms. The van der Waals surface area contributed by atoms with Crippen molar-refractivity contribution in [3.05, 3.63) is 69.1 Å².